The van der Waals surface area contributed by atoms with Crippen molar-refractivity contribution in [2.24, 2.45) is 0 Å². The van der Waals surface area contributed by atoms with Gasteiger partial charge in [0.05, 0.1) is 15.1 Å². The Bertz CT molecular complexity index is 1270. The largest absolute Gasteiger partial charge is 0.507 e. The van der Waals surface area contributed by atoms with Gasteiger partial charge in [-0.3, -0.25) is 10.1 Å². The van der Waals surface area contributed by atoms with Gasteiger partial charge in [0.15, 0.2) is 11.7 Å². The minimum atomic E-state index is -3.83. The van der Waals surface area contributed by atoms with Gasteiger partial charge in [0.2, 0.25) is 10.0 Å². The molecule has 0 saturated carbocycles. The number of anilines is 1. The Kier molecular flexibility index (Phi) is 7.12. The molecule has 3 rings (SSSR count). The average molecular weight is 478 g/mol. The molecule has 2 N–H and O–H groups in total. The van der Waals surface area contributed by atoms with E-state index >= 15 is 0 Å². The maximum absolute atomic E-state index is 12.7. The number of aromatic nitrogens is 1. The molecule has 11 heteroatoms. The summed E-state index contributed by atoms with van der Waals surface area (Å²) < 4.78 is 32.4. The van der Waals surface area contributed by atoms with E-state index in [1.807, 2.05) is 25.1 Å². The summed E-state index contributed by atoms with van der Waals surface area (Å²) in [5, 5.41) is 12.9. The van der Waals surface area contributed by atoms with E-state index in [1.165, 1.54) is 21.7 Å². The molecule has 0 radical (unpaired) electrons. The van der Waals surface area contributed by atoms with Crippen molar-refractivity contribution in [1.82, 2.24) is 9.29 Å². The van der Waals surface area contributed by atoms with Crippen LogP contribution < -0.4 is 5.32 Å². The van der Waals surface area contributed by atoms with Crippen molar-refractivity contribution >= 4 is 48.6 Å². The number of aryl methyl sites for hydroxylation is 1. The quantitative estimate of drug-likeness (QED) is 0.477. The lowest BCUT2D eigenvalue weighted by Crippen LogP contribution is -2.30. The van der Waals surface area contributed by atoms with E-state index in [0.717, 1.165) is 27.9 Å². The van der Waals surface area contributed by atoms with Crippen molar-refractivity contribution in [2.75, 3.05) is 25.0 Å². The monoisotopic (exact) mass is 477 g/mol. The molecule has 0 bridgehead atoms. The first kappa shape index (κ1) is 23.6. The van der Waals surface area contributed by atoms with E-state index in [9.17, 15) is 23.1 Å². The molecule has 0 unspecified atom stereocenters. The average Bonchev–Trinajstić information content (AvgIpc) is 3.14. The standard InChI is InChI=1S/C21H23N3O6S2/c1-4-24(5-2)32(28,29)14-7-9-17(25)15(11-14)20(27)30-12-19(26)23-21-22-16-8-6-13(3)10-18(16)31-21/h6-11,25H,4-5,12H2,1-3H3,(H,22,23,26). The lowest BCUT2D eigenvalue weighted by atomic mass is 10.2. The first-order valence-electron chi connectivity index (χ1n) is 9.83. The van der Waals surface area contributed by atoms with E-state index in [1.54, 1.807) is 13.8 Å². The summed E-state index contributed by atoms with van der Waals surface area (Å²) in [5.74, 6) is -2.08. The highest BCUT2D eigenvalue weighted by Crippen LogP contribution is 2.27. The number of ether oxygens (including phenoxy) is 1. The van der Waals surface area contributed by atoms with Crippen LogP contribution in [0.5, 0.6) is 5.75 Å². The number of phenolic OH excluding ortho intramolecular Hbond substituents is 1. The molecule has 0 atom stereocenters. The molecular formula is C21H23N3O6S2. The second kappa shape index (κ2) is 9.63. The summed E-state index contributed by atoms with van der Waals surface area (Å²) in [6, 6.07) is 9.07. The van der Waals surface area contributed by atoms with E-state index in [4.69, 9.17) is 4.74 Å². The van der Waals surface area contributed by atoms with Gasteiger partial charge in [-0.1, -0.05) is 31.3 Å². The number of thiazole rings is 1. The van der Waals surface area contributed by atoms with Crippen LogP contribution in [0.4, 0.5) is 5.13 Å². The fourth-order valence-corrected chi connectivity index (χ4v) is 5.47. The van der Waals surface area contributed by atoms with Crippen LogP contribution in [0.1, 0.15) is 29.8 Å². The molecule has 3 aromatic rings. The van der Waals surface area contributed by atoms with Crippen molar-refractivity contribution < 1.29 is 27.9 Å². The maximum atomic E-state index is 12.7. The van der Waals surface area contributed by atoms with Crippen molar-refractivity contribution in [1.29, 1.82) is 0 Å². The number of nitrogens with one attached hydrogen (secondary N) is 1. The van der Waals surface area contributed by atoms with Crippen LogP contribution in [0, 0.1) is 6.92 Å². The van der Waals surface area contributed by atoms with Crippen LogP contribution in [0.2, 0.25) is 0 Å². The summed E-state index contributed by atoms with van der Waals surface area (Å²) in [5.41, 5.74) is 1.46. The van der Waals surface area contributed by atoms with Crippen molar-refractivity contribution in [3.8, 4) is 5.75 Å². The number of aromatic hydroxyl groups is 1. The lowest BCUT2D eigenvalue weighted by Gasteiger charge is -2.18. The van der Waals surface area contributed by atoms with Gasteiger partial charge >= 0.3 is 5.97 Å². The summed E-state index contributed by atoms with van der Waals surface area (Å²) in [4.78, 5) is 28.7. The number of sulfonamides is 1. The number of rotatable bonds is 8. The van der Waals surface area contributed by atoms with Crippen molar-refractivity contribution in [3.05, 3.63) is 47.5 Å². The Balaban J connectivity index is 1.69. The Morgan fingerprint density at radius 3 is 2.56 bits per heavy atom. The first-order valence-corrected chi connectivity index (χ1v) is 12.1. The highest BCUT2D eigenvalue weighted by Gasteiger charge is 2.25. The number of hydrogen-bond acceptors (Lipinski definition) is 8. The number of carbonyl (C=O) groups excluding carboxylic acids is 2. The van der Waals surface area contributed by atoms with Crippen LogP contribution >= 0.6 is 11.3 Å². The highest BCUT2D eigenvalue weighted by molar-refractivity contribution is 7.89. The van der Waals surface area contributed by atoms with E-state index in [-0.39, 0.29) is 23.5 Å². The molecule has 0 saturated heterocycles. The number of amides is 1. The van der Waals surface area contributed by atoms with E-state index in [0.29, 0.717) is 5.13 Å². The zero-order chi connectivity index (χ0) is 23.5. The summed E-state index contributed by atoms with van der Waals surface area (Å²) in [7, 11) is -3.83. The molecule has 1 amide bonds. The Hall–Kier alpha value is -3.02. The first-order chi connectivity index (χ1) is 15.1. The van der Waals surface area contributed by atoms with Crippen LogP contribution in [0.25, 0.3) is 10.2 Å². The van der Waals surface area contributed by atoms with Gasteiger partial charge in [0, 0.05) is 13.1 Å². The van der Waals surface area contributed by atoms with Gasteiger partial charge in [-0.2, -0.15) is 4.31 Å². The molecule has 0 aliphatic heterocycles. The smallest absolute Gasteiger partial charge is 0.342 e. The van der Waals surface area contributed by atoms with Gasteiger partial charge in [-0.05, 0) is 42.8 Å². The number of esters is 1. The van der Waals surface area contributed by atoms with Crippen LogP contribution in [-0.2, 0) is 19.6 Å². The zero-order valence-electron chi connectivity index (χ0n) is 17.8. The van der Waals surface area contributed by atoms with Crippen molar-refractivity contribution in [3.63, 3.8) is 0 Å². The second-order valence-corrected chi connectivity index (χ2v) is 9.85. The van der Waals surface area contributed by atoms with Crippen LogP contribution in [0.3, 0.4) is 0 Å². The maximum Gasteiger partial charge on any atom is 0.342 e. The third kappa shape index (κ3) is 5.06. The molecule has 1 heterocycles. The molecule has 2 aromatic carbocycles. The number of benzene rings is 2. The lowest BCUT2D eigenvalue weighted by molar-refractivity contribution is -0.119. The number of nitrogens with zero attached hydrogens (tertiary/aromatic N) is 2. The van der Waals surface area contributed by atoms with Gasteiger partial charge in [0.25, 0.3) is 5.91 Å². The van der Waals surface area contributed by atoms with Gasteiger partial charge < -0.3 is 9.84 Å². The fourth-order valence-electron chi connectivity index (χ4n) is 3.00. The van der Waals surface area contributed by atoms with Crippen molar-refractivity contribution in [2.45, 2.75) is 25.7 Å². The Morgan fingerprint density at radius 2 is 1.88 bits per heavy atom. The third-order valence-electron chi connectivity index (χ3n) is 4.66. The molecule has 32 heavy (non-hydrogen) atoms. The van der Waals surface area contributed by atoms with E-state index < -0.39 is 34.3 Å². The SMILES string of the molecule is CCN(CC)S(=O)(=O)c1ccc(O)c(C(=O)OCC(=O)Nc2nc3ccc(C)cc3s2)c1. The van der Waals surface area contributed by atoms with Crippen LogP contribution in [0.15, 0.2) is 41.3 Å². The number of carbonyl (C=O) groups is 2. The topological polar surface area (TPSA) is 126 Å². The fraction of sp³-hybridized carbons (Fsp3) is 0.286. The summed E-state index contributed by atoms with van der Waals surface area (Å²) >= 11 is 1.29. The van der Waals surface area contributed by atoms with E-state index in [2.05, 4.69) is 10.3 Å². The molecular weight excluding hydrogens is 454 g/mol. The minimum Gasteiger partial charge on any atom is -0.507 e. The van der Waals surface area contributed by atoms with Gasteiger partial charge in [-0.25, -0.2) is 18.2 Å². The zero-order valence-corrected chi connectivity index (χ0v) is 19.4. The third-order valence-corrected chi connectivity index (χ3v) is 7.64. The van der Waals surface area contributed by atoms with Gasteiger partial charge in [0.1, 0.15) is 11.3 Å². The highest BCUT2D eigenvalue weighted by atomic mass is 32.2. The molecule has 0 aliphatic carbocycles. The molecule has 170 valence electrons. The van der Waals surface area contributed by atoms with Crippen LogP contribution in [-0.4, -0.2) is 54.4 Å². The Morgan fingerprint density at radius 1 is 1.16 bits per heavy atom. The predicted molar refractivity (Wildman–Crippen MR) is 121 cm³/mol. The number of fused-ring (bicyclic) bond motifs is 1. The number of phenols is 1. The molecule has 0 fully saturated rings. The minimum absolute atomic E-state index is 0.153. The number of hydrogen-bond donors (Lipinski definition) is 2. The van der Waals surface area contributed by atoms with Gasteiger partial charge in [-0.15, -0.1) is 0 Å². The Labute approximate surface area is 189 Å². The summed E-state index contributed by atoms with van der Waals surface area (Å²) in [6.45, 7) is 5.23. The molecule has 1 aromatic heterocycles. The molecule has 9 nitrogen and oxygen atoms in total. The molecule has 0 aliphatic rings. The second-order valence-electron chi connectivity index (χ2n) is 6.88. The molecule has 0 spiro atoms. The normalized spacial score (nSPS) is 11.6. The predicted octanol–water partition coefficient (Wildman–Crippen LogP) is 3.14. The summed E-state index contributed by atoms with van der Waals surface area (Å²) in [6.07, 6.45) is 0.